The molecule has 0 N–H and O–H groups in total. The summed E-state index contributed by atoms with van der Waals surface area (Å²) < 4.78 is 80.9. The molecule has 4 aromatic carbocycles. The number of hydrogen-bond acceptors (Lipinski definition) is 0. The molecule has 4 rings (SSSR count). The molecule has 0 aromatic heterocycles. The molecule has 0 nitrogen and oxygen atoms in total. The van der Waals surface area contributed by atoms with Crippen molar-refractivity contribution >= 4 is 32.3 Å². The largest absolute Gasteiger partial charge is 0.0636 e. The second kappa shape index (κ2) is 3.58. The van der Waals surface area contributed by atoms with Crippen LogP contribution in [0.4, 0.5) is 0 Å². The zero-order chi connectivity index (χ0) is 20.7. The Balaban J connectivity index is 2.36. The molecule has 0 heteroatoms. The van der Waals surface area contributed by atoms with Crippen molar-refractivity contribution in [2.75, 3.05) is 0 Å². The highest BCUT2D eigenvalue weighted by Crippen LogP contribution is 2.27. The van der Waals surface area contributed by atoms with Crippen LogP contribution in [0.5, 0.6) is 0 Å². The van der Waals surface area contributed by atoms with Crippen LogP contribution in [-0.4, -0.2) is 0 Å². The molecule has 0 aliphatic rings. The highest BCUT2D eigenvalue weighted by molar-refractivity contribution is 6.04. The predicted octanol–water partition coefficient (Wildman–Crippen LogP) is 5.15. The molecule has 84 valence electrons. The van der Waals surface area contributed by atoms with Gasteiger partial charge in [-0.1, -0.05) is 48.3 Å². The van der Waals surface area contributed by atoms with Gasteiger partial charge in [0.25, 0.3) is 0 Å². The Bertz CT molecular complexity index is 1260. The van der Waals surface area contributed by atoms with Crippen LogP contribution in [0.3, 0.4) is 0 Å². The lowest BCUT2D eigenvalue weighted by molar-refractivity contribution is 1.77. The van der Waals surface area contributed by atoms with E-state index >= 15 is 0 Å². The second-order valence-electron chi connectivity index (χ2n) is 3.95. The molecule has 0 spiro atoms. The maximum absolute atomic E-state index is 8.51. The minimum absolute atomic E-state index is 0.0211. The van der Waals surface area contributed by atoms with Gasteiger partial charge in [0.1, 0.15) is 0 Å². The molecule has 0 aliphatic carbocycles. The Morgan fingerprint density at radius 1 is 0.500 bits per heavy atom. The topological polar surface area (TPSA) is 0 Å². The van der Waals surface area contributed by atoms with Gasteiger partial charge >= 0.3 is 0 Å². The van der Waals surface area contributed by atoms with Crippen molar-refractivity contribution < 1.29 is 13.7 Å². The van der Waals surface area contributed by atoms with Crippen molar-refractivity contribution in [1.82, 2.24) is 0 Å². The van der Waals surface area contributed by atoms with E-state index in [0.29, 0.717) is 5.39 Å². The Morgan fingerprint density at radius 2 is 0.944 bits per heavy atom. The smallest absolute Gasteiger partial charge is 0.0616 e. The van der Waals surface area contributed by atoms with Crippen molar-refractivity contribution in [3.05, 3.63) is 72.6 Å². The van der Waals surface area contributed by atoms with Gasteiger partial charge in [-0.3, -0.25) is 0 Å². The fourth-order valence-corrected chi connectivity index (χ4v) is 1.98. The van der Waals surface area contributed by atoms with Crippen molar-refractivity contribution in [3.8, 4) is 0 Å². The molecule has 0 saturated heterocycles. The minimum Gasteiger partial charge on any atom is -0.0616 e. The quantitative estimate of drug-likeness (QED) is 0.372. The summed E-state index contributed by atoms with van der Waals surface area (Å²) in [6.07, 6.45) is 0. The molecule has 0 aliphatic heterocycles. The summed E-state index contributed by atoms with van der Waals surface area (Å²) in [5, 5.41) is 0.602. The molecule has 0 radical (unpaired) electrons. The highest BCUT2D eigenvalue weighted by atomic mass is 14.0. The molecule has 0 unspecified atom stereocenters. The fraction of sp³-hybridized carbons (Fsp3) is 0. The molecule has 0 heterocycles. The van der Waals surface area contributed by atoms with Gasteiger partial charge in [0, 0.05) is 0 Å². The monoisotopic (exact) mass is 238 g/mol. The average molecular weight is 238 g/mol. The minimum atomic E-state index is -0.473. The van der Waals surface area contributed by atoms with Crippen LogP contribution >= 0.6 is 0 Å². The Kier molecular flexibility index (Phi) is 0.814. The van der Waals surface area contributed by atoms with Gasteiger partial charge in [0.05, 0.1) is 13.7 Å². The van der Waals surface area contributed by atoms with E-state index in [1.54, 1.807) is 0 Å². The number of rotatable bonds is 0. The Labute approximate surface area is 120 Å². The maximum atomic E-state index is 8.51. The van der Waals surface area contributed by atoms with E-state index in [1.807, 2.05) is 0 Å². The van der Waals surface area contributed by atoms with Crippen LogP contribution in [0.25, 0.3) is 32.3 Å². The van der Waals surface area contributed by atoms with Crippen LogP contribution < -0.4 is 0 Å². The van der Waals surface area contributed by atoms with Crippen molar-refractivity contribution in [3.63, 3.8) is 0 Å². The summed E-state index contributed by atoms with van der Waals surface area (Å²) in [5.41, 5.74) is 0. The second-order valence-corrected chi connectivity index (χ2v) is 3.95. The summed E-state index contributed by atoms with van der Waals surface area (Å²) in [7, 11) is 0. The average Bonchev–Trinajstić information content (AvgIpc) is 2.66. The fourth-order valence-electron chi connectivity index (χ4n) is 1.98. The lowest BCUT2D eigenvalue weighted by Gasteiger charge is -2.04. The van der Waals surface area contributed by atoms with Crippen LogP contribution in [0.1, 0.15) is 13.7 Å². The van der Waals surface area contributed by atoms with E-state index in [1.165, 1.54) is 12.1 Å². The number of benzene rings is 4. The van der Waals surface area contributed by atoms with E-state index < -0.39 is 24.2 Å². The van der Waals surface area contributed by atoms with Gasteiger partial charge in [0.2, 0.25) is 0 Å². The summed E-state index contributed by atoms with van der Waals surface area (Å²) >= 11 is 0. The molecular weight excluding hydrogens is 216 g/mol. The summed E-state index contributed by atoms with van der Waals surface area (Å²) in [5.74, 6) is 0. The van der Waals surface area contributed by atoms with Crippen LogP contribution in [-0.2, 0) is 0 Å². The Hall–Kier alpha value is -2.34. The first-order valence-electron chi connectivity index (χ1n) is 10.4. The third-order valence-corrected chi connectivity index (χ3v) is 2.82. The van der Waals surface area contributed by atoms with Gasteiger partial charge in [-0.25, -0.2) is 0 Å². The zero-order valence-electron chi connectivity index (χ0n) is 19.2. The number of fused-ring (bicyclic) bond motifs is 3. The van der Waals surface area contributed by atoms with Crippen molar-refractivity contribution in [1.29, 1.82) is 0 Å². The molecular formula is C18H12. The van der Waals surface area contributed by atoms with E-state index in [-0.39, 0.29) is 63.2 Å². The first-order chi connectivity index (χ1) is 13.1. The third kappa shape index (κ3) is 1.39. The predicted molar refractivity (Wildman–Crippen MR) is 79.0 cm³/mol. The lowest BCUT2D eigenvalue weighted by atomic mass is 10.00. The molecule has 0 amide bonds. The molecule has 0 fully saturated rings. The van der Waals surface area contributed by atoms with E-state index in [2.05, 4.69) is 0 Å². The van der Waals surface area contributed by atoms with Gasteiger partial charge in [0.15, 0.2) is 0 Å². The molecule has 18 heavy (non-hydrogen) atoms. The maximum Gasteiger partial charge on any atom is 0.0636 e. The molecule has 4 aromatic rings. The zero-order valence-corrected chi connectivity index (χ0v) is 9.15. The van der Waals surface area contributed by atoms with E-state index in [4.69, 9.17) is 13.7 Å². The first-order valence-corrected chi connectivity index (χ1v) is 5.40. The third-order valence-electron chi connectivity index (χ3n) is 2.82. The highest BCUT2D eigenvalue weighted by Gasteiger charge is 2.00. The standard InChI is InChI=1S/C18H12/c1-2-6-14-10-18-12-16-8-4-3-7-15(16)11-17(18)9-13(14)5-1/h1-12H/i1D,2D,3D,4D,5D,6D,7D,8D,9D,11D. The van der Waals surface area contributed by atoms with Gasteiger partial charge < -0.3 is 0 Å². The summed E-state index contributed by atoms with van der Waals surface area (Å²) in [4.78, 5) is 0. The van der Waals surface area contributed by atoms with Crippen LogP contribution in [0.2, 0.25) is 0 Å². The molecule has 0 saturated carbocycles. The normalized spacial score (nSPS) is 19.1. The van der Waals surface area contributed by atoms with E-state index in [0.717, 1.165) is 0 Å². The Morgan fingerprint density at radius 3 is 1.44 bits per heavy atom. The molecule has 0 bridgehead atoms. The molecule has 0 atom stereocenters. The van der Waals surface area contributed by atoms with Crippen LogP contribution in [0.15, 0.2) is 72.6 Å². The van der Waals surface area contributed by atoms with Crippen molar-refractivity contribution in [2.24, 2.45) is 0 Å². The van der Waals surface area contributed by atoms with Gasteiger partial charge in [-0.05, 0) is 56.5 Å². The summed E-state index contributed by atoms with van der Waals surface area (Å²) in [6.45, 7) is 0. The van der Waals surface area contributed by atoms with Gasteiger partial charge in [-0.2, -0.15) is 0 Å². The van der Waals surface area contributed by atoms with Gasteiger partial charge in [-0.15, -0.1) is 0 Å². The number of hydrogen-bond donors (Lipinski definition) is 0. The SMILES string of the molecule is [2H]c1c([2H])c([2H])c2c([2H])c3c([2H])c4c([2H])c([2H])c([2H])c([2H])c4cc3cc2c1[2H]. The summed E-state index contributed by atoms with van der Waals surface area (Å²) in [6, 6.07) is -0.791. The van der Waals surface area contributed by atoms with Crippen molar-refractivity contribution in [2.45, 2.75) is 0 Å². The first kappa shape index (κ1) is 4.10. The van der Waals surface area contributed by atoms with E-state index in [9.17, 15) is 0 Å². The van der Waals surface area contributed by atoms with Crippen LogP contribution in [0, 0.1) is 0 Å². The lowest BCUT2D eigenvalue weighted by Crippen LogP contribution is -1.78.